The SMILES string of the molecule is Cc1cccc(CSc2ccc(N)cc2Br)c1. The summed E-state index contributed by atoms with van der Waals surface area (Å²) in [5.74, 6) is 0.976. The van der Waals surface area contributed by atoms with Gasteiger partial charge in [0.1, 0.15) is 0 Å². The third-order valence-electron chi connectivity index (χ3n) is 2.43. The van der Waals surface area contributed by atoms with E-state index >= 15 is 0 Å². The first-order valence-corrected chi connectivity index (χ1v) is 7.16. The van der Waals surface area contributed by atoms with Gasteiger partial charge in [0.05, 0.1) is 0 Å². The van der Waals surface area contributed by atoms with Gasteiger partial charge in [0.2, 0.25) is 0 Å². The maximum Gasteiger partial charge on any atom is 0.0331 e. The zero-order chi connectivity index (χ0) is 12.3. The van der Waals surface area contributed by atoms with Gasteiger partial charge in [-0.1, -0.05) is 29.8 Å². The fourth-order valence-electron chi connectivity index (χ4n) is 1.60. The van der Waals surface area contributed by atoms with Gasteiger partial charge in [-0.05, 0) is 46.6 Å². The second kappa shape index (κ2) is 5.61. The van der Waals surface area contributed by atoms with E-state index in [9.17, 15) is 0 Å². The molecule has 0 aromatic heterocycles. The molecule has 0 fully saturated rings. The molecule has 0 spiro atoms. The number of thioether (sulfide) groups is 1. The number of nitrogens with two attached hydrogens (primary N) is 1. The predicted molar refractivity (Wildman–Crippen MR) is 79.3 cm³/mol. The van der Waals surface area contributed by atoms with Crippen molar-refractivity contribution in [2.24, 2.45) is 0 Å². The Morgan fingerprint density at radius 3 is 2.71 bits per heavy atom. The first kappa shape index (κ1) is 12.5. The summed E-state index contributed by atoms with van der Waals surface area (Å²) in [5.41, 5.74) is 9.16. The molecule has 0 atom stereocenters. The number of rotatable bonds is 3. The molecular formula is C14H14BrNS. The van der Waals surface area contributed by atoms with Crippen molar-refractivity contribution >= 4 is 33.4 Å². The zero-order valence-corrected chi connectivity index (χ0v) is 12.0. The van der Waals surface area contributed by atoms with Crippen LogP contribution in [0.15, 0.2) is 51.8 Å². The Labute approximate surface area is 115 Å². The van der Waals surface area contributed by atoms with Crippen molar-refractivity contribution in [3.05, 3.63) is 58.1 Å². The molecule has 1 nitrogen and oxygen atoms in total. The second-order valence-corrected chi connectivity index (χ2v) is 5.84. The summed E-state index contributed by atoms with van der Waals surface area (Å²) in [4.78, 5) is 1.22. The minimum Gasteiger partial charge on any atom is -0.399 e. The van der Waals surface area contributed by atoms with Crippen molar-refractivity contribution in [2.45, 2.75) is 17.6 Å². The molecule has 17 heavy (non-hydrogen) atoms. The number of nitrogen functional groups attached to an aromatic ring is 1. The molecule has 0 heterocycles. The lowest BCUT2D eigenvalue weighted by Gasteiger charge is -2.06. The first-order chi connectivity index (χ1) is 8.15. The third kappa shape index (κ3) is 3.51. The van der Waals surface area contributed by atoms with Gasteiger partial charge >= 0.3 is 0 Å². The Kier molecular flexibility index (Phi) is 4.13. The molecule has 0 saturated heterocycles. The highest BCUT2D eigenvalue weighted by Gasteiger charge is 2.02. The van der Waals surface area contributed by atoms with Crippen molar-refractivity contribution in [2.75, 3.05) is 5.73 Å². The average molecular weight is 308 g/mol. The van der Waals surface area contributed by atoms with E-state index in [0.717, 1.165) is 15.9 Å². The molecule has 0 aliphatic rings. The molecule has 2 rings (SSSR count). The quantitative estimate of drug-likeness (QED) is 0.661. The average Bonchev–Trinajstić information content (AvgIpc) is 2.28. The second-order valence-electron chi connectivity index (χ2n) is 3.97. The van der Waals surface area contributed by atoms with E-state index in [-0.39, 0.29) is 0 Å². The summed E-state index contributed by atoms with van der Waals surface area (Å²) in [6, 6.07) is 14.5. The summed E-state index contributed by atoms with van der Waals surface area (Å²) in [6.07, 6.45) is 0. The molecular weight excluding hydrogens is 294 g/mol. The van der Waals surface area contributed by atoms with Crippen LogP contribution in [-0.4, -0.2) is 0 Å². The monoisotopic (exact) mass is 307 g/mol. The Morgan fingerprint density at radius 1 is 1.18 bits per heavy atom. The molecule has 88 valence electrons. The minimum absolute atomic E-state index is 0.789. The topological polar surface area (TPSA) is 26.0 Å². The van der Waals surface area contributed by atoms with E-state index in [2.05, 4.69) is 53.2 Å². The highest BCUT2D eigenvalue weighted by atomic mass is 79.9. The van der Waals surface area contributed by atoms with Gasteiger partial charge in [-0.15, -0.1) is 11.8 Å². The summed E-state index contributed by atoms with van der Waals surface area (Å²) in [6.45, 7) is 2.12. The lowest BCUT2D eigenvalue weighted by Crippen LogP contribution is -1.86. The number of aryl methyl sites for hydroxylation is 1. The van der Waals surface area contributed by atoms with Crippen molar-refractivity contribution in [3.8, 4) is 0 Å². The van der Waals surface area contributed by atoms with Gasteiger partial charge in [-0.3, -0.25) is 0 Å². The van der Waals surface area contributed by atoms with Gasteiger partial charge in [0.25, 0.3) is 0 Å². The molecule has 0 saturated carbocycles. The summed E-state index contributed by atoms with van der Waals surface area (Å²) >= 11 is 5.35. The summed E-state index contributed by atoms with van der Waals surface area (Å²) in [5, 5.41) is 0. The maximum absolute atomic E-state index is 5.72. The fourth-order valence-corrected chi connectivity index (χ4v) is 3.20. The molecule has 0 amide bonds. The van der Waals surface area contributed by atoms with Gasteiger partial charge < -0.3 is 5.73 Å². The van der Waals surface area contributed by atoms with E-state index in [0.29, 0.717) is 0 Å². The summed E-state index contributed by atoms with van der Waals surface area (Å²) in [7, 11) is 0. The lowest BCUT2D eigenvalue weighted by molar-refractivity contribution is 1.33. The summed E-state index contributed by atoms with van der Waals surface area (Å²) < 4.78 is 1.06. The van der Waals surface area contributed by atoms with Crippen LogP contribution in [0.1, 0.15) is 11.1 Å². The number of anilines is 1. The molecule has 3 heteroatoms. The number of hydrogen-bond donors (Lipinski definition) is 1. The van der Waals surface area contributed by atoms with E-state index < -0.39 is 0 Å². The number of benzene rings is 2. The van der Waals surface area contributed by atoms with Crippen LogP contribution in [0.2, 0.25) is 0 Å². The molecule has 0 aliphatic carbocycles. The van der Waals surface area contributed by atoms with E-state index in [1.54, 1.807) is 0 Å². The van der Waals surface area contributed by atoms with Gasteiger partial charge in [0, 0.05) is 20.8 Å². The normalized spacial score (nSPS) is 10.5. The predicted octanol–water partition coefficient (Wildman–Crippen LogP) is 4.63. The van der Waals surface area contributed by atoms with Crippen molar-refractivity contribution < 1.29 is 0 Å². The van der Waals surface area contributed by atoms with Crippen LogP contribution in [0.4, 0.5) is 5.69 Å². The molecule has 0 radical (unpaired) electrons. The highest BCUT2D eigenvalue weighted by molar-refractivity contribution is 9.10. The molecule has 2 aromatic carbocycles. The van der Waals surface area contributed by atoms with Crippen molar-refractivity contribution in [1.82, 2.24) is 0 Å². The number of hydrogen-bond acceptors (Lipinski definition) is 2. The zero-order valence-electron chi connectivity index (χ0n) is 9.61. The number of halogens is 1. The van der Waals surface area contributed by atoms with Crippen LogP contribution < -0.4 is 5.73 Å². The van der Waals surface area contributed by atoms with Crippen LogP contribution in [0.25, 0.3) is 0 Å². The van der Waals surface area contributed by atoms with Crippen LogP contribution in [0.3, 0.4) is 0 Å². The van der Waals surface area contributed by atoms with Crippen molar-refractivity contribution in [1.29, 1.82) is 0 Å². The fraction of sp³-hybridized carbons (Fsp3) is 0.143. The Hall–Kier alpha value is -0.930. The molecule has 0 aliphatic heterocycles. The van der Waals surface area contributed by atoms with Gasteiger partial charge in [-0.2, -0.15) is 0 Å². The molecule has 0 bridgehead atoms. The van der Waals surface area contributed by atoms with E-state index in [1.165, 1.54) is 16.0 Å². The smallest absolute Gasteiger partial charge is 0.0331 e. The Morgan fingerprint density at radius 2 is 2.00 bits per heavy atom. The van der Waals surface area contributed by atoms with Crippen molar-refractivity contribution in [3.63, 3.8) is 0 Å². The maximum atomic E-state index is 5.72. The molecule has 2 N–H and O–H groups in total. The molecule has 2 aromatic rings. The van der Waals surface area contributed by atoms with Gasteiger partial charge in [-0.25, -0.2) is 0 Å². The van der Waals surface area contributed by atoms with Gasteiger partial charge in [0.15, 0.2) is 0 Å². The van der Waals surface area contributed by atoms with E-state index in [4.69, 9.17) is 5.73 Å². The first-order valence-electron chi connectivity index (χ1n) is 5.38. The Balaban J connectivity index is 2.07. The highest BCUT2D eigenvalue weighted by Crippen LogP contribution is 2.31. The third-order valence-corrected chi connectivity index (χ3v) is 4.50. The standard InChI is InChI=1S/C14H14BrNS/c1-10-3-2-4-11(7-10)9-17-14-6-5-12(16)8-13(14)15/h2-8H,9,16H2,1H3. The van der Waals surface area contributed by atoms with Crippen LogP contribution >= 0.6 is 27.7 Å². The van der Waals surface area contributed by atoms with Crippen LogP contribution in [-0.2, 0) is 5.75 Å². The van der Waals surface area contributed by atoms with E-state index in [1.807, 2.05) is 23.9 Å². The molecule has 0 unspecified atom stereocenters. The largest absolute Gasteiger partial charge is 0.399 e. The lowest BCUT2D eigenvalue weighted by atomic mass is 10.2. The van der Waals surface area contributed by atoms with Crippen LogP contribution in [0.5, 0.6) is 0 Å². The van der Waals surface area contributed by atoms with Crippen LogP contribution in [0, 0.1) is 6.92 Å². The minimum atomic E-state index is 0.789. The Bertz CT molecular complexity index is 525.